The fraction of sp³-hybridized carbons (Fsp3) is 0.667. The molecule has 1 N–H and O–H groups in total. The summed E-state index contributed by atoms with van der Waals surface area (Å²) in [4.78, 5) is 44.2. The number of rotatable bonds is 3. The quantitative estimate of drug-likeness (QED) is 0.839. The SMILES string of the molecule is C[C@@H]1CCc2nc(NC(=O)CN3C(=O)[C@@H]4CCCC[C@H]4C3=O)sc2C1. The van der Waals surface area contributed by atoms with Gasteiger partial charge in [-0.2, -0.15) is 0 Å². The smallest absolute Gasteiger partial charge is 0.246 e. The molecule has 1 aromatic rings. The molecule has 2 fully saturated rings. The zero-order valence-electron chi connectivity index (χ0n) is 14.4. The van der Waals surface area contributed by atoms with Gasteiger partial charge < -0.3 is 5.32 Å². The Balaban J connectivity index is 1.41. The van der Waals surface area contributed by atoms with Crippen LogP contribution in [0.1, 0.15) is 49.6 Å². The van der Waals surface area contributed by atoms with Gasteiger partial charge in [0.2, 0.25) is 17.7 Å². The maximum Gasteiger partial charge on any atom is 0.246 e. The largest absolute Gasteiger partial charge is 0.300 e. The van der Waals surface area contributed by atoms with E-state index in [1.807, 2.05) is 0 Å². The lowest BCUT2D eigenvalue weighted by molar-refractivity contribution is -0.142. The Morgan fingerprint density at radius 1 is 1.20 bits per heavy atom. The first-order chi connectivity index (χ1) is 12.0. The van der Waals surface area contributed by atoms with Crippen LogP contribution in [0.4, 0.5) is 5.13 Å². The lowest BCUT2D eigenvalue weighted by Gasteiger charge is -2.19. The Hall–Kier alpha value is -1.76. The first-order valence-corrected chi connectivity index (χ1v) is 9.98. The third-order valence-electron chi connectivity index (χ3n) is 5.67. The number of hydrogen-bond acceptors (Lipinski definition) is 5. The second-order valence-corrected chi connectivity index (χ2v) is 8.63. The molecule has 3 amide bonds. The van der Waals surface area contributed by atoms with E-state index in [9.17, 15) is 14.4 Å². The minimum absolute atomic E-state index is 0.169. The van der Waals surface area contributed by atoms with Crippen molar-refractivity contribution < 1.29 is 14.4 Å². The number of fused-ring (bicyclic) bond motifs is 2. The molecule has 0 aromatic carbocycles. The molecule has 134 valence electrons. The lowest BCUT2D eigenvalue weighted by atomic mass is 9.81. The summed E-state index contributed by atoms with van der Waals surface area (Å²) >= 11 is 1.52. The van der Waals surface area contributed by atoms with Gasteiger partial charge in [-0.15, -0.1) is 11.3 Å². The van der Waals surface area contributed by atoms with Gasteiger partial charge in [0.1, 0.15) is 6.54 Å². The molecule has 7 heteroatoms. The van der Waals surface area contributed by atoms with E-state index in [0.717, 1.165) is 55.5 Å². The van der Waals surface area contributed by atoms with Crippen LogP contribution >= 0.6 is 11.3 Å². The van der Waals surface area contributed by atoms with E-state index in [1.54, 1.807) is 0 Å². The topological polar surface area (TPSA) is 79.4 Å². The number of amides is 3. The molecule has 1 saturated heterocycles. The summed E-state index contributed by atoms with van der Waals surface area (Å²) in [5.74, 6) is -0.432. The van der Waals surface area contributed by atoms with Crippen molar-refractivity contribution in [2.24, 2.45) is 17.8 Å². The van der Waals surface area contributed by atoms with Gasteiger partial charge >= 0.3 is 0 Å². The molecule has 1 aromatic heterocycles. The third-order valence-corrected chi connectivity index (χ3v) is 6.70. The molecule has 6 nitrogen and oxygen atoms in total. The zero-order valence-corrected chi connectivity index (χ0v) is 15.2. The number of imide groups is 1. The van der Waals surface area contributed by atoms with Crippen molar-refractivity contribution in [1.82, 2.24) is 9.88 Å². The van der Waals surface area contributed by atoms with E-state index >= 15 is 0 Å². The van der Waals surface area contributed by atoms with E-state index in [0.29, 0.717) is 11.0 Å². The van der Waals surface area contributed by atoms with Crippen LogP contribution < -0.4 is 5.32 Å². The number of nitrogens with zero attached hydrogens (tertiary/aromatic N) is 2. The lowest BCUT2D eigenvalue weighted by Crippen LogP contribution is -2.38. The number of thiazole rings is 1. The molecular weight excluding hydrogens is 338 g/mol. The maximum absolute atomic E-state index is 12.4. The molecule has 3 atom stereocenters. The van der Waals surface area contributed by atoms with E-state index in [2.05, 4.69) is 17.2 Å². The van der Waals surface area contributed by atoms with Crippen LogP contribution in [0, 0.1) is 17.8 Å². The van der Waals surface area contributed by atoms with Crippen LogP contribution in [-0.2, 0) is 27.2 Å². The minimum atomic E-state index is -0.334. The van der Waals surface area contributed by atoms with Gasteiger partial charge in [0.15, 0.2) is 5.13 Å². The highest BCUT2D eigenvalue weighted by molar-refractivity contribution is 7.15. The fourth-order valence-corrected chi connectivity index (χ4v) is 5.47. The summed E-state index contributed by atoms with van der Waals surface area (Å²) in [7, 11) is 0. The van der Waals surface area contributed by atoms with Crippen LogP contribution in [0.3, 0.4) is 0 Å². The summed E-state index contributed by atoms with van der Waals surface area (Å²) in [6.45, 7) is 2.04. The second kappa shape index (κ2) is 6.52. The molecule has 0 unspecified atom stereocenters. The molecule has 0 bridgehead atoms. The Morgan fingerprint density at radius 3 is 2.56 bits per heavy atom. The van der Waals surface area contributed by atoms with Crippen LogP contribution in [0.2, 0.25) is 0 Å². The van der Waals surface area contributed by atoms with Gasteiger partial charge in [-0.25, -0.2) is 4.98 Å². The van der Waals surface area contributed by atoms with E-state index in [1.165, 1.54) is 16.2 Å². The van der Waals surface area contributed by atoms with Crippen LogP contribution in [0.15, 0.2) is 0 Å². The Morgan fingerprint density at radius 2 is 1.88 bits per heavy atom. The first-order valence-electron chi connectivity index (χ1n) is 9.16. The number of aryl methyl sites for hydroxylation is 1. The number of nitrogens with one attached hydrogen (secondary N) is 1. The van der Waals surface area contributed by atoms with Crippen molar-refractivity contribution >= 4 is 34.2 Å². The van der Waals surface area contributed by atoms with Crippen LogP contribution in [0.25, 0.3) is 0 Å². The van der Waals surface area contributed by atoms with Gasteiger partial charge in [0.05, 0.1) is 17.5 Å². The molecule has 2 aliphatic carbocycles. The third kappa shape index (κ3) is 3.10. The van der Waals surface area contributed by atoms with Crippen molar-refractivity contribution in [2.75, 3.05) is 11.9 Å². The molecule has 2 heterocycles. The summed E-state index contributed by atoms with van der Waals surface area (Å²) in [5.41, 5.74) is 1.08. The maximum atomic E-state index is 12.4. The van der Waals surface area contributed by atoms with Crippen molar-refractivity contribution in [1.29, 1.82) is 0 Å². The fourth-order valence-electron chi connectivity index (χ4n) is 4.28. The van der Waals surface area contributed by atoms with Crippen molar-refractivity contribution in [3.8, 4) is 0 Å². The second-order valence-electron chi connectivity index (χ2n) is 7.55. The van der Waals surface area contributed by atoms with Gasteiger partial charge in [-0.05, 0) is 38.0 Å². The molecular formula is C18H23N3O3S. The van der Waals surface area contributed by atoms with Gasteiger partial charge in [-0.1, -0.05) is 19.8 Å². The standard InChI is InChI=1S/C18H23N3O3S/c1-10-6-7-13-14(8-10)25-18(19-13)20-15(22)9-21-16(23)11-4-2-3-5-12(11)17(21)24/h10-12H,2-9H2,1H3,(H,19,20,22)/t10-,11-,12-/m1/s1. The predicted octanol–water partition coefficient (Wildman–Crippen LogP) is 2.38. The summed E-state index contributed by atoms with van der Waals surface area (Å²) in [6.07, 6.45) is 6.61. The Kier molecular flexibility index (Phi) is 4.35. The highest BCUT2D eigenvalue weighted by atomic mass is 32.1. The normalized spacial score (nSPS) is 28.7. The molecule has 25 heavy (non-hydrogen) atoms. The van der Waals surface area contributed by atoms with Crippen molar-refractivity contribution in [3.63, 3.8) is 0 Å². The first kappa shape index (κ1) is 16.7. The van der Waals surface area contributed by atoms with Crippen LogP contribution in [0.5, 0.6) is 0 Å². The van der Waals surface area contributed by atoms with E-state index in [4.69, 9.17) is 0 Å². The number of likely N-dealkylation sites (tertiary alicyclic amines) is 1. The monoisotopic (exact) mass is 361 g/mol. The highest BCUT2D eigenvalue weighted by Gasteiger charge is 2.48. The molecule has 4 rings (SSSR count). The van der Waals surface area contributed by atoms with Crippen LogP contribution in [-0.4, -0.2) is 34.2 Å². The number of carbonyl (C=O) groups excluding carboxylic acids is 3. The van der Waals surface area contributed by atoms with E-state index in [-0.39, 0.29) is 36.1 Å². The number of hydrogen-bond donors (Lipinski definition) is 1. The Labute approximate surface area is 151 Å². The summed E-state index contributed by atoms with van der Waals surface area (Å²) in [5, 5.41) is 3.37. The number of carbonyl (C=O) groups is 3. The van der Waals surface area contributed by atoms with E-state index < -0.39 is 0 Å². The average Bonchev–Trinajstić information content (AvgIpc) is 3.09. The molecule has 1 aliphatic heterocycles. The average molecular weight is 361 g/mol. The van der Waals surface area contributed by atoms with Gasteiger partial charge in [0.25, 0.3) is 0 Å². The summed E-state index contributed by atoms with van der Waals surface area (Å²) in [6, 6.07) is 0. The van der Waals surface area contributed by atoms with Crippen molar-refractivity contribution in [3.05, 3.63) is 10.6 Å². The van der Waals surface area contributed by atoms with Gasteiger partial charge in [-0.3, -0.25) is 19.3 Å². The molecule has 0 spiro atoms. The molecule has 3 aliphatic rings. The molecule has 1 saturated carbocycles. The highest BCUT2D eigenvalue weighted by Crippen LogP contribution is 2.38. The zero-order chi connectivity index (χ0) is 17.6. The summed E-state index contributed by atoms with van der Waals surface area (Å²) < 4.78 is 0. The Bertz CT molecular complexity index is 705. The number of aromatic nitrogens is 1. The molecule has 0 radical (unpaired) electrons. The predicted molar refractivity (Wildman–Crippen MR) is 94.1 cm³/mol. The van der Waals surface area contributed by atoms with Crippen molar-refractivity contribution in [2.45, 2.75) is 51.9 Å². The number of anilines is 1. The van der Waals surface area contributed by atoms with Gasteiger partial charge in [0, 0.05) is 4.88 Å². The minimum Gasteiger partial charge on any atom is -0.300 e.